The number of nitrogens with zero attached hydrogens (tertiary/aromatic N) is 1. The summed E-state index contributed by atoms with van der Waals surface area (Å²) in [5.74, 6) is 0.276. The van der Waals surface area contributed by atoms with E-state index in [1.165, 1.54) is 0 Å². The number of halogens is 1. The van der Waals surface area contributed by atoms with Gasteiger partial charge in [0, 0.05) is 17.7 Å². The molecule has 0 saturated heterocycles. The van der Waals surface area contributed by atoms with Crippen molar-refractivity contribution in [3.05, 3.63) is 94.8 Å². The molecule has 0 radical (unpaired) electrons. The predicted molar refractivity (Wildman–Crippen MR) is 94.2 cm³/mol. The second kappa shape index (κ2) is 7.12. The second-order valence-electron chi connectivity index (χ2n) is 5.32. The third-order valence-corrected chi connectivity index (χ3v) is 3.93. The third-order valence-electron chi connectivity index (χ3n) is 3.57. The SMILES string of the molecule is Oc1cccc(/C=C/c2cc[n+](Cc3ccccc3Cl)cc2)c1. The van der Waals surface area contributed by atoms with E-state index in [0.29, 0.717) is 0 Å². The zero-order chi connectivity index (χ0) is 16.1. The maximum absolute atomic E-state index is 9.46. The van der Waals surface area contributed by atoms with Crippen molar-refractivity contribution in [1.29, 1.82) is 0 Å². The summed E-state index contributed by atoms with van der Waals surface area (Å²) in [6.45, 7) is 0.746. The van der Waals surface area contributed by atoms with E-state index in [1.807, 2.05) is 60.9 Å². The van der Waals surface area contributed by atoms with Crippen LogP contribution in [0.15, 0.2) is 73.1 Å². The average molecular weight is 323 g/mol. The highest BCUT2D eigenvalue weighted by Gasteiger charge is 2.05. The number of aromatic nitrogens is 1. The molecule has 0 unspecified atom stereocenters. The normalized spacial score (nSPS) is 11.0. The van der Waals surface area contributed by atoms with E-state index < -0.39 is 0 Å². The summed E-state index contributed by atoms with van der Waals surface area (Å²) in [4.78, 5) is 0. The van der Waals surface area contributed by atoms with Gasteiger partial charge in [0.2, 0.25) is 0 Å². The number of phenolic OH excluding ortho intramolecular Hbond substituents is 1. The Hall–Kier alpha value is -2.58. The van der Waals surface area contributed by atoms with Crippen LogP contribution in [0, 0.1) is 0 Å². The smallest absolute Gasteiger partial charge is 0.175 e. The Kier molecular flexibility index (Phi) is 4.74. The van der Waals surface area contributed by atoms with Crippen molar-refractivity contribution in [3.8, 4) is 5.75 Å². The first kappa shape index (κ1) is 15.3. The minimum Gasteiger partial charge on any atom is -0.508 e. The van der Waals surface area contributed by atoms with Crippen LogP contribution in [0.25, 0.3) is 12.2 Å². The molecule has 0 amide bonds. The molecule has 0 saturated carbocycles. The topological polar surface area (TPSA) is 24.1 Å². The molecule has 2 aromatic carbocycles. The fourth-order valence-corrected chi connectivity index (χ4v) is 2.53. The van der Waals surface area contributed by atoms with Gasteiger partial charge in [0.15, 0.2) is 18.9 Å². The lowest BCUT2D eigenvalue weighted by molar-refractivity contribution is -0.688. The molecule has 1 N–H and O–H groups in total. The lowest BCUT2D eigenvalue weighted by Gasteiger charge is -2.01. The van der Waals surface area contributed by atoms with Crippen LogP contribution < -0.4 is 4.57 Å². The van der Waals surface area contributed by atoms with Crippen LogP contribution in [0.3, 0.4) is 0 Å². The Bertz CT molecular complexity index is 825. The van der Waals surface area contributed by atoms with Crippen molar-refractivity contribution in [1.82, 2.24) is 0 Å². The molecule has 0 aliphatic rings. The zero-order valence-corrected chi connectivity index (χ0v) is 13.3. The van der Waals surface area contributed by atoms with Crippen molar-refractivity contribution in [2.45, 2.75) is 6.54 Å². The van der Waals surface area contributed by atoms with Crippen LogP contribution in [0.4, 0.5) is 0 Å². The molecule has 3 heteroatoms. The number of rotatable bonds is 4. The molecule has 3 aromatic rings. The van der Waals surface area contributed by atoms with Crippen LogP contribution in [-0.2, 0) is 6.54 Å². The molecule has 0 atom stereocenters. The number of aromatic hydroxyl groups is 1. The highest BCUT2D eigenvalue weighted by Crippen LogP contribution is 2.15. The number of benzene rings is 2. The summed E-state index contributed by atoms with van der Waals surface area (Å²) < 4.78 is 2.09. The van der Waals surface area contributed by atoms with E-state index in [1.54, 1.807) is 12.1 Å². The van der Waals surface area contributed by atoms with Gasteiger partial charge in [0.25, 0.3) is 0 Å². The number of hydrogen-bond donors (Lipinski definition) is 1. The molecule has 23 heavy (non-hydrogen) atoms. The molecule has 3 rings (SSSR count). The fourth-order valence-electron chi connectivity index (χ4n) is 2.33. The van der Waals surface area contributed by atoms with Gasteiger partial charge in [-0.25, -0.2) is 4.57 Å². The van der Waals surface area contributed by atoms with Gasteiger partial charge in [0.1, 0.15) is 5.75 Å². The van der Waals surface area contributed by atoms with E-state index in [2.05, 4.69) is 16.7 Å². The van der Waals surface area contributed by atoms with Crippen molar-refractivity contribution in [3.63, 3.8) is 0 Å². The Morgan fingerprint density at radius 3 is 2.35 bits per heavy atom. The molecule has 2 nitrogen and oxygen atoms in total. The molecule has 0 fully saturated rings. The summed E-state index contributed by atoms with van der Waals surface area (Å²) in [6, 6.07) is 19.2. The van der Waals surface area contributed by atoms with Gasteiger partial charge in [-0.15, -0.1) is 0 Å². The maximum atomic E-state index is 9.46. The first-order chi connectivity index (χ1) is 11.2. The number of pyridine rings is 1. The first-order valence-electron chi connectivity index (χ1n) is 7.40. The largest absolute Gasteiger partial charge is 0.508 e. The van der Waals surface area contributed by atoms with Crippen molar-refractivity contribution in [2.24, 2.45) is 0 Å². The van der Waals surface area contributed by atoms with E-state index in [9.17, 15) is 5.11 Å². The summed E-state index contributed by atoms with van der Waals surface area (Å²) >= 11 is 6.19. The number of hydrogen-bond acceptors (Lipinski definition) is 1. The van der Waals surface area contributed by atoms with Crippen molar-refractivity contribution in [2.75, 3.05) is 0 Å². The minimum atomic E-state index is 0.276. The molecular weight excluding hydrogens is 306 g/mol. The summed E-state index contributed by atoms with van der Waals surface area (Å²) in [7, 11) is 0. The molecule has 1 aromatic heterocycles. The van der Waals surface area contributed by atoms with Gasteiger partial charge < -0.3 is 5.11 Å². The molecule has 0 spiro atoms. The first-order valence-corrected chi connectivity index (χ1v) is 7.78. The van der Waals surface area contributed by atoms with E-state index in [0.717, 1.165) is 28.3 Å². The Morgan fingerprint density at radius 2 is 1.61 bits per heavy atom. The Balaban J connectivity index is 1.71. The second-order valence-corrected chi connectivity index (χ2v) is 5.73. The van der Waals surface area contributed by atoms with Crippen molar-refractivity contribution < 1.29 is 9.67 Å². The molecule has 0 bridgehead atoms. The summed E-state index contributed by atoms with van der Waals surface area (Å²) in [5.41, 5.74) is 3.17. The van der Waals surface area contributed by atoms with Gasteiger partial charge in [-0.1, -0.05) is 54.1 Å². The molecule has 1 heterocycles. The van der Waals surface area contributed by atoms with E-state index in [-0.39, 0.29) is 5.75 Å². The van der Waals surface area contributed by atoms with Crippen LogP contribution >= 0.6 is 11.6 Å². The minimum absolute atomic E-state index is 0.276. The quantitative estimate of drug-likeness (QED) is 0.700. The highest BCUT2D eigenvalue weighted by atomic mass is 35.5. The summed E-state index contributed by atoms with van der Waals surface area (Å²) in [6.07, 6.45) is 8.07. The average Bonchev–Trinajstić information content (AvgIpc) is 2.56. The molecule has 0 aliphatic carbocycles. The van der Waals surface area contributed by atoms with Crippen LogP contribution in [-0.4, -0.2) is 5.11 Å². The van der Waals surface area contributed by atoms with Crippen LogP contribution in [0.1, 0.15) is 16.7 Å². The van der Waals surface area contributed by atoms with Crippen LogP contribution in [0.5, 0.6) is 5.75 Å². The Morgan fingerprint density at radius 1 is 0.870 bits per heavy atom. The van der Waals surface area contributed by atoms with E-state index in [4.69, 9.17) is 11.6 Å². The van der Waals surface area contributed by atoms with Gasteiger partial charge in [-0.05, 0) is 29.3 Å². The summed E-state index contributed by atoms with van der Waals surface area (Å²) in [5, 5.41) is 10.2. The predicted octanol–water partition coefficient (Wildman–Crippen LogP) is 4.55. The van der Waals surface area contributed by atoms with Gasteiger partial charge >= 0.3 is 0 Å². The van der Waals surface area contributed by atoms with Crippen molar-refractivity contribution >= 4 is 23.8 Å². The monoisotopic (exact) mass is 322 g/mol. The fraction of sp³-hybridized carbons (Fsp3) is 0.0500. The van der Waals surface area contributed by atoms with Crippen LogP contribution in [0.2, 0.25) is 5.02 Å². The molecule has 114 valence electrons. The lowest BCUT2D eigenvalue weighted by Crippen LogP contribution is -2.33. The third kappa shape index (κ3) is 4.21. The van der Waals surface area contributed by atoms with E-state index >= 15 is 0 Å². The van der Waals surface area contributed by atoms with Gasteiger partial charge in [-0.2, -0.15) is 0 Å². The zero-order valence-electron chi connectivity index (χ0n) is 12.6. The lowest BCUT2D eigenvalue weighted by atomic mass is 10.1. The van der Waals surface area contributed by atoms with Gasteiger partial charge in [-0.3, -0.25) is 0 Å². The molecule has 0 aliphatic heterocycles. The highest BCUT2D eigenvalue weighted by molar-refractivity contribution is 6.31. The number of phenols is 1. The van der Waals surface area contributed by atoms with Gasteiger partial charge in [0.05, 0.1) is 5.02 Å². The molecular formula is C20H17ClNO+. The standard InChI is InChI=1S/C20H16ClNO/c21-20-7-2-1-5-18(20)15-22-12-10-16(11-13-22)8-9-17-4-3-6-19(23)14-17/h1-14H,15H2/p+1/b9-8+. The Labute approximate surface area is 140 Å². The maximum Gasteiger partial charge on any atom is 0.175 e.